The van der Waals surface area contributed by atoms with Gasteiger partial charge in [0.25, 0.3) is 5.91 Å². The number of ether oxygens (including phenoxy) is 2. The minimum absolute atomic E-state index is 0.150. The summed E-state index contributed by atoms with van der Waals surface area (Å²) in [6.45, 7) is 1.98. The fraction of sp³-hybridized carbons (Fsp3) is 0.120. The van der Waals surface area contributed by atoms with Crippen LogP contribution in [-0.4, -0.2) is 17.3 Å². The lowest BCUT2D eigenvalue weighted by atomic mass is 10.1. The van der Waals surface area contributed by atoms with E-state index in [4.69, 9.17) is 21.7 Å². The number of anilines is 1. The lowest BCUT2D eigenvalue weighted by Gasteiger charge is -2.17. The standard InChI is InChI=1S/C25H20FNO3S2/c1-16(18-6-4-3-5-7-18)30-21-13-8-17(14-22(21)29-2)15-23-24(28)27(25(31)32-23)20-11-9-19(26)10-12-20/h3-16H,1-2H3/b23-15+/t16-/m1/s1. The molecule has 1 heterocycles. The molecule has 3 aromatic rings. The van der Waals surface area contributed by atoms with E-state index in [-0.39, 0.29) is 17.8 Å². The number of benzene rings is 3. The van der Waals surface area contributed by atoms with Crippen molar-refractivity contribution in [3.8, 4) is 11.5 Å². The first-order chi connectivity index (χ1) is 15.5. The Balaban J connectivity index is 1.56. The van der Waals surface area contributed by atoms with E-state index >= 15 is 0 Å². The van der Waals surface area contributed by atoms with E-state index in [1.807, 2.05) is 55.5 Å². The van der Waals surface area contributed by atoms with E-state index in [0.29, 0.717) is 26.4 Å². The van der Waals surface area contributed by atoms with Crippen LogP contribution in [0.3, 0.4) is 0 Å². The second-order valence-corrected chi connectivity index (χ2v) is 8.75. The molecule has 0 bridgehead atoms. The maximum absolute atomic E-state index is 13.2. The Bertz CT molecular complexity index is 1180. The van der Waals surface area contributed by atoms with E-state index in [1.54, 1.807) is 13.2 Å². The van der Waals surface area contributed by atoms with Gasteiger partial charge in [-0.2, -0.15) is 0 Å². The molecule has 7 heteroatoms. The summed E-state index contributed by atoms with van der Waals surface area (Å²) in [4.78, 5) is 14.8. The molecule has 0 radical (unpaired) electrons. The topological polar surface area (TPSA) is 38.8 Å². The fourth-order valence-corrected chi connectivity index (χ4v) is 4.58. The van der Waals surface area contributed by atoms with Gasteiger partial charge in [0.2, 0.25) is 0 Å². The molecule has 162 valence electrons. The molecule has 4 nitrogen and oxygen atoms in total. The van der Waals surface area contributed by atoms with Crippen LogP contribution in [0.2, 0.25) is 0 Å². The predicted molar refractivity (Wildman–Crippen MR) is 131 cm³/mol. The van der Waals surface area contributed by atoms with Gasteiger partial charge >= 0.3 is 0 Å². The van der Waals surface area contributed by atoms with Crippen LogP contribution in [0, 0.1) is 5.82 Å². The zero-order chi connectivity index (χ0) is 22.7. The highest BCUT2D eigenvalue weighted by molar-refractivity contribution is 8.27. The van der Waals surface area contributed by atoms with Crippen LogP contribution in [0.25, 0.3) is 6.08 Å². The van der Waals surface area contributed by atoms with Gasteiger partial charge in [-0.05, 0) is 60.5 Å². The minimum atomic E-state index is -0.370. The molecular formula is C25H20FNO3S2. The highest BCUT2D eigenvalue weighted by Gasteiger charge is 2.33. The van der Waals surface area contributed by atoms with Gasteiger partial charge < -0.3 is 9.47 Å². The lowest BCUT2D eigenvalue weighted by Crippen LogP contribution is -2.27. The van der Waals surface area contributed by atoms with Crippen molar-refractivity contribution in [2.75, 3.05) is 12.0 Å². The van der Waals surface area contributed by atoms with Crippen molar-refractivity contribution in [2.45, 2.75) is 13.0 Å². The molecule has 0 aliphatic carbocycles. The highest BCUT2D eigenvalue weighted by Crippen LogP contribution is 2.38. The van der Waals surface area contributed by atoms with Gasteiger partial charge in [-0.25, -0.2) is 4.39 Å². The second kappa shape index (κ2) is 9.54. The van der Waals surface area contributed by atoms with E-state index in [9.17, 15) is 9.18 Å². The summed E-state index contributed by atoms with van der Waals surface area (Å²) in [6.07, 6.45) is 1.61. The van der Waals surface area contributed by atoms with Crippen molar-refractivity contribution in [1.82, 2.24) is 0 Å². The Morgan fingerprint density at radius 3 is 2.44 bits per heavy atom. The molecule has 1 aliphatic rings. The number of carbonyl (C=O) groups is 1. The third-order valence-electron chi connectivity index (χ3n) is 4.94. The average Bonchev–Trinajstić information content (AvgIpc) is 3.08. The first kappa shape index (κ1) is 22.0. The Hall–Kier alpha value is -3.16. The summed E-state index contributed by atoms with van der Waals surface area (Å²) < 4.78 is 25.2. The molecule has 1 saturated heterocycles. The zero-order valence-electron chi connectivity index (χ0n) is 17.4. The quantitative estimate of drug-likeness (QED) is 0.312. The summed E-state index contributed by atoms with van der Waals surface area (Å²) in [5.74, 6) is 0.560. The number of nitrogens with zero attached hydrogens (tertiary/aromatic N) is 1. The molecule has 0 spiro atoms. The number of hydrogen-bond acceptors (Lipinski definition) is 5. The Kier molecular flexibility index (Phi) is 6.58. The van der Waals surface area contributed by atoms with Crippen molar-refractivity contribution in [1.29, 1.82) is 0 Å². The molecule has 0 saturated carbocycles. The van der Waals surface area contributed by atoms with Crippen LogP contribution < -0.4 is 14.4 Å². The number of carbonyl (C=O) groups excluding carboxylic acids is 1. The van der Waals surface area contributed by atoms with E-state index in [2.05, 4.69) is 0 Å². The number of rotatable bonds is 6. The first-order valence-corrected chi connectivity index (χ1v) is 11.1. The summed E-state index contributed by atoms with van der Waals surface area (Å²) in [7, 11) is 1.58. The molecule has 0 unspecified atom stereocenters. The fourth-order valence-electron chi connectivity index (χ4n) is 3.29. The van der Waals surface area contributed by atoms with Gasteiger partial charge in [0.1, 0.15) is 11.9 Å². The largest absolute Gasteiger partial charge is 0.493 e. The first-order valence-electron chi connectivity index (χ1n) is 9.89. The third kappa shape index (κ3) is 4.69. The smallest absolute Gasteiger partial charge is 0.270 e. The number of hydrogen-bond donors (Lipinski definition) is 0. The van der Waals surface area contributed by atoms with Crippen LogP contribution in [0.4, 0.5) is 10.1 Å². The number of thioether (sulfide) groups is 1. The molecular weight excluding hydrogens is 445 g/mol. The summed E-state index contributed by atoms with van der Waals surface area (Å²) in [5.41, 5.74) is 2.37. The number of halogens is 1. The van der Waals surface area contributed by atoms with Gasteiger partial charge in [-0.15, -0.1) is 0 Å². The monoisotopic (exact) mass is 465 g/mol. The van der Waals surface area contributed by atoms with E-state index in [1.165, 1.54) is 40.9 Å². The number of amides is 1. The minimum Gasteiger partial charge on any atom is -0.493 e. The molecule has 0 N–H and O–H groups in total. The van der Waals surface area contributed by atoms with E-state index < -0.39 is 0 Å². The maximum atomic E-state index is 13.2. The van der Waals surface area contributed by atoms with Crippen LogP contribution in [-0.2, 0) is 4.79 Å². The highest BCUT2D eigenvalue weighted by atomic mass is 32.2. The number of methoxy groups -OCH3 is 1. The molecule has 1 fully saturated rings. The van der Waals surface area contributed by atoms with Crippen molar-refractivity contribution < 1.29 is 18.7 Å². The number of thiocarbonyl (C=S) groups is 1. The van der Waals surface area contributed by atoms with Gasteiger partial charge in [0, 0.05) is 0 Å². The molecule has 3 aromatic carbocycles. The van der Waals surface area contributed by atoms with Gasteiger partial charge in [0.05, 0.1) is 17.7 Å². The Labute approximate surface area is 195 Å². The normalized spacial score (nSPS) is 15.8. The van der Waals surface area contributed by atoms with Crippen LogP contribution in [0.1, 0.15) is 24.2 Å². The Morgan fingerprint density at radius 1 is 1.03 bits per heavy atom. The zero-order valence-corrected chi connectivity index (χ0v) is 19.1. The van der Waals surface area contributed by atoms with Gasteiger partial charge in [0.15, 0.2) is 15.8 Å². The Morgan fingerprint density at radius 2 is 1.75 bits per heavy atom. The van der Waals surface area contributed by atoms with Crippen molar-refractivity contribution in [2.24, 2.45) is 0 Å². The molecule has 32 heavy (non-hydrogen) atoms. The van der Waals surface area contributed by atoms with Crippen molar-refractivity contribution >= 4 is 46.0 Å². The molecule has 1 amide bonds. The average molecular weight is 466 g/mol. The third-order valence-corrected chi connectivity index (χ3v) is 6.24. The van der Waals surface area contributed by atoms with Gasteiger partial charge in [-0.1, -0.05) is 60.4 Å². The van der Waals surface area contributed by atoms with Crippen molar-refractivity contribution in [3.05, 3.63) is 94.6 Å². The van der Waals surface area contributed by atoms with E-state index in [0.717, 1.165) is 11.1 Å². The van der Waals surface area contributed by atoms with Crippen LogP contribution >= 0.6 is 24.0 Å². The lowest BCUT2D eigenvalue weighted by molar-refractivity contribution is -0.113. The van der Waals surface area contributed by atoms with Gasteiger partial charge in [-0.3, -0.25) is 9.69 Å². The second-order valence-electron chi connectivity index (χ2n) is 7.07. The molecule has 1 atom stereocenters. The van der Waals surface area contributed by atoms with Crippen LogP contribution in [0.15, 0.2) is 77.7 Å². The predicted octanol–water partition coefficient (Wildman–Crippen LogP) is 6.38. The molecule has 1 aliphatic heterocycles. The summed E-state index contributed by atoms with van der Waals surface area (Å²) >= 11 is 6.58. The molecule has 0 aromatic heterocycles. The maximum Gasteiger partial charge on any atom is 0.270 e. The van der Waals surface area contributed by atoms with Crippen molar-refractivity contribution in [3.63, 3.8) is 0 Å². The summed E-state index contributed by atoms with van der Waals surface area (Å²) in [6, 6.07) is 21.1. The SMILES string of the molecule is COc1cc(/C=C2/SC(=S)N(c3ccc(F)cc3)C2=O)ccc1O[C@H](C)c1ccccc1. The van der Waals surface area contributed by atoms with Crippen LogP contribution in [0.5, 0.6) is 11.5 Å². The summed E-state index contributed by atoms with van der Waals surface area (Å²) in [5, 5.41) is 0. The molecule has 4 rings (SSSR count).